The van der Waals surface area contributed by atoms with Gasteiger partial charge in [0.05, 0.1) is 0 Å². The lowest BCUT2D eigenvalue weighted by atomic mass is 9.95. The molecule has 1 heteroatoms. The summed E-state index contributed by atoms with van der Waals surface area (Å²) in [5.41, 5.74) is 0. The Kier molecular flexibility index (Phi) is 7.66. The van der Waals surface area contributed by atoms with E-state index < -0.39 is 0 Å². The maximum Gasteiger partial charge on any atom is 0.158 e. The molecule has 0 heterocycles. The molecule has 1 atom stereocenters. The number of rotatable bonds is 7. The van der Waals surface area contributed by atoms with Gasteiger partial charge in [-0.05, 0) is 25.3 Å². The van der Waals surface area contributed by atoms with Crippen molar-refractivity contribution in [3.63, 3.8) is 0 Å². The number of carbonyl (C=O) groups is 1. The van der Waals surface area contributed by atoms with Gasteiger partial charge >= 0.3 is 0 Å². The molecule has 0 rings (SSSR count). The first-order valence-electron chi connectivity index (χ1n) is 5.46. The van der Waals surface area contributed by atoms with Crippen LogP contribution in [-0.4, -0.2) is 5.78 Å². The topological polar surface area (TPSA) is 17.1 Å². The first kappa shape index (κ1) is 12.4. The van der Waals surface area contributed by atoms with Crippen LogP contribution >= 0.6 is 0 Å². The second kappa shape index (κ2) is 8.03. The zero-order valence-corrected chi connectivity index (χ0v) is 9.18. The van der Waals surface area contributed by atoms with Crippen molar-refractivity contribution in [2.75, 3.05) is 0 Å². The number of hydrogen-bond donors (Lipinski definition) is 0. The highest BCUT2D eigenvalue weighted by atomic mass is 16.1. The Morgan fingerprint density at radius 1 is 1.23 bits per heavy atom. The lowest BCUT2D eigenvalue weighted by molar-refractivity contribution is -0.118. The molecule has 0 aromatic rings. The van der Waals surface area contributed by atoms with E-state index in [1.807, 2.05) is 6.08 Å². The first-order valence-corrected chi connectivity index (χ1v) is 5.46. The van der Waals surface area contributed by atoms with Crippen molar-refractivity contribution in [2.45, 2.75) is 52.9 Å². The van der Waals surface area contributed by atoms with Crippen molar-refractivity contribution in [1.29, 1.82) is 0 Å². The van der Waals surface area contributed by atoms with Gasteiger partial charge in [-0.25, -0.2) is 0 Å². The number of hydrogen-bond acceptors (Lipinski definition) is 1. The van der Waals surface area contributed by atoms with Crippen molar-refractivity contribution in [3.8, 4) is 0 Å². The summed E-state index contributed by atoms with van der Waals surface area (Å²) in [6.45, 7) is 6.34. The van der Waals surface area contributed by atoms with Crippen molar-refractivity contribution < 1.29 is 4.79 Å². The Morgan fingerprint density at radius 2 is 1.92 bits per heavy atom. The van der Waals surface area contributed by atoms with Gasteiger partial charge in [0, 0.05) is 5.92 Å². The van der Waals surface area contributed by atoms with Crippen molar-refractivity contribution in [1.82, 2.24) is 0 Å². The van der Waals surface area contributed by atoms with Gasteiger partial charge in [0.15, 0.2) is 5.78 Å². The van der Waals surface area contributed by atoms with Crippen molar-refractivity contribution in [2.24, 2.45) is 5.92 Å². The number of carbonyl (C=O) groups excluding carboxylic acids is 1. The maximum atomic E-state index is 11.6. The Labute approximate surface area is 82.2 Å². The minimum Gasteiger partial charge on any atom is -0.295 e. The van der Waals surface area contributed by atoms with Gasteiger partial charge in [0.2, 0.25) is 0 Å². The van der Waals surface area contributed by atoms with Crippen LogP contribution in [-0.2, 0) is 4.79 Å². The predicted octanol–water partition coefficient (Wildman–Crippen LogP) is 3.74. The van der Waals surface area contributed by atoms with Gasteiger partial charge in [-0.1, -0.05) is 39.7 Å². The number of allylic oxidation sites excluding steroid dienone is 2. The number of unbranched alkanes of at least 4 members (excludes halogenated alkanes) is 1. The van der Waals surface area contributed by atoms with E-state index in [9.17, 15) is 4.79 Å². The smallest absolute Gasteiger partial charge is 0.158 e. The predicted molar refractivity (Wildman–Crippen MR) is 57.7 cm³/mol. The van der Waals surface area contributed by atoms with Crippen LogP contribution < -0.4 is 0 Å². The van der Waals surface area contributed by atoms with Gasteiger partial charge in [-0.3, -0.25) is 4.79 Å². The van der Waals surface area contributed by atoms with Crippen LogP contribution in [0.5, 0.6) is 0 Å². The largest absolute Gasteiger partial charge is 0.295 e. The van der Waals surface area contributed by atoms with E-state index in [2.05, 4.69) is 20.8 Å². The minimum absolute atomic E-state index is 0.262. The Balaban J connectivity index is 3.90. The summed E-state index contributed by atoms with van der Waals surface area (Å²) in [6, 6.07) is 0. The van der Waals surface area contributed by atoms with E-state index in [4.69, 9.17) is 0 Å². The third kappa shape index (κ3) is 5.62. The molecule has 0 bridgehead atoms. The normalized spacial score (nSPS) is 13.5. The second-order valence-corrected chi connectivity index (χ2v) is 3.49. The van der Waals surface area contributed by atoms with Gasteiger partial charge in [-0.15, -0.1) is 0 Å². The molecule has 0 radical (unpaired) electrons. The molecular weight excluding hydrogens is 160 g/mol. The van der Waals surface area contributed by atoms with Crippen LogP contribution in [0.2, 0.25) is 0 Å². The molecule has 0 N–H and O–H groups in total. The Bertz CT molecular complexity index is 159. The summed E-state index contributed by atoms with van der Waals surface area (Å²) in [7, 11) is 0. The zero-order chi connectivity index (χ0) is 10.1. The van der Waals surface area contributed by atoms with Crippen LogP contribution in [0, 0.1) is 5.92 Å². The average molecular weight is 182 g/mol. The monoisotopic (exact) mass is 182 g/mol. The van der Waals surface area contributed by atoms with Crippen LogP contribution in [0.1, 0.15) is 52.9 Å². The van der Waals surface area contributed by atoms with E-state index in [0.717, 1.165) is 32.1 Å². The minimum atomic E-state index is 0.262. The maximum absolute atomic E-state index is 11.6. The molecule has 0 saturated carbocycles. The molecule has 0 aliphatic heterocycles. The lowest BCUT2D eigenvalue weighted by Gasteiger charge is -2.08. The van der Waals surface area contributed by atoms with E-state index in [1.165, 1.54) is 0 Å². The van der Waals surface area contributed by atoms with Crippen LogP contribution in [0.15, 0.2) is 12.2 Å². The SMILES string of the molecule is CCC/C=C/C(=O)C(CC)CCC. The molecule has 1 unspecified atom stereocenters. The summed E-state index contributed by atoms with van der Waals surface area (Å²) in [6.07, 6.45) is 9.03. The summed E-state index contributed by atoms with van der Waals surface area (Å²) >= 11 is 0. The summed E-state index contributed by atoms with van der Waals surface area (Å²) in [5, 5.41) is 0. The molecular formula is C12H22O. The van der Waals surface area contributed by atoms with Gasteiger partial charge in [-0.2, -0.15) is 0 Å². The third-order valence-corrected chi connectivity index (χ3v) is 2.27. The van der Waals surface area contributed by atoms with Crippen LogP contribution in [0.25, 0.3) is 0 Å². The van der Waals surface area contributed by atoms with Gasteiger partial charge < -0.3 is 0 Å². The Hall–Kier alpha value is -0.590. The fraction of sp³-hybridized carbons (Fsp3) is 0.750. The van der Waals surface area contributed by atoms with Crippen LogP contribution in [0.3, 0.4) is 0 Å². The molecule has 0 aliphatic carbocycles. The standard InChI is InChI=1S/C12H22O/c1-4-7-8-10-12(13)11(6-3)9-5-2/h8,10-11H,4-7,9H2,1-3H3/b10-8+. The van der Waals surface area contributed by atoms with E-state index in [-0.39, 0.29) is 5.92 Å². The summed E-state index contributed by atoms with van der Waals surface area (Å²) < 4.78 is 0. The van der Waals surface area contributed by atoms with E-state index >= 15 is 0 Å². The van der Waals surface area contributed by atoms with Crippen molar-refractivity contribution in [3.05, 3.63) is 12.2 Å². The molecule has 1 nitrogen and oxygen atoms in total. The molecule has 0 aromatic heterocycles. The highest BCUT2D eigenvalue weighted by molar-refractivity contribution is 5.91. The lowest BCUT2D eigenvalue weighted by Crippen LogP contribution is -2.10. The molecule has 0 saturated heterocycles. The van der Waals surface area contributed by atoms with Crippen molar-refractivity contribution >= 4 is 5.78 Å². The van der Waals surface area contributed by atoms with Crippen LogP contribution in [0.4, 0.5) is 0 Å². The first-order chi connectivity index (χ1) is 6.26. The zero-order valence-electron chi connectivity index (χ0n) is 9.18. The molecule has 76 valence electrons. The molecule has 0 amide bonds. The summed E-state index contributed by atoms with van der Waals surface area (Å²) in [4.78, 5) is 11.6. The van der Waals surface area contributed by atoms with E-state index in [1.54, 1.807) is 6.08 Å². The molecule has 0 aromatic carbocycles. The fourth-order valence-corrected chi connectivity index (χ4v) is 1.40. The molecule has 0 aliphatic rings. The van der Waals surface area contributed by atoms with Gasteiger partial charge in [0.1, 0.15) is 0 Å². The third-order valence-electron chi connectivity index (χ3n) is 2.27. The number of ketones is 1. The van der Waals surface area contributed by atoms with E-state index in [0.29, 0.717) is 5.78 Å². The summed E-state index contributed by atoms with van der Waals surface area (Å²) in [5.74, 6) is 0.580. The quantitative estimate of drug-likeness (QED) is 0.548. The highest BCUT2D eigenvalue weighted by Gasteiger charge is 2.11. The molecule has 0 fully saturated rings. The fourth-order valence-electron chi connectivity index (χ4n) is 1.40. The Morgan fingerprint density at radius 3 is 2.38 bits per heavy atom. The highest BCUT2D eigenvalue weighted by Crippen LogP contribution is 2.12. The second-order valence-electron chi connectivity index (χ2n) is 3.49. The molecule has 13 heavy (non-hydrogen) atoms. The molecule has 0 spiro atoms. The van der Waals surface area contributed by atoms with Gasteiger partial charge in [0.25, 0.3) is 0 Å². The average Bonchev–Trinajstić information content (AvgIpc) is 2.14.